The minimum Gasteiger partial charge on any atom is -0.481 e. The summed E-state index contributed by atoms with van der Waals surface area (Å²) in [6, 6.07) is 9.57. The Kier molecular flexibility index (Phi) is 6.16. The third-order valence-corrected chi connectivity index (χ3v) is 7.60. The minimum atomic E-state index is -1.23. The number of fused-ring (bicyclic) bond motifs is 1. The molecule has 2 amide bonds. The van der Waals surface area contributed by atoms with Crippen molar-refractivity contribution in [2.45, 2.75) is 51.2 Å². The largest absolute Gasteiger partial charge is 0.481 e. The lowest BCUT2D eigenvalue weighted by Crippen LogP contribution is -2.75. The van der Waals surface area contributed by atoms with Crippen LogP contribution in [0.3, 0.4) is 0 Å². The van der Waals surface area contributed by atoms with Crippen LogP contribution in [0.1, 0.15) is 38.7 Å². The molecule has 32 heavy (non-hydrogen) atoms. The Labute approximate surface area is 188 Å². The van der Waals surface area contributed by atoms with Crippen LogP contribution in [0.2, 0.25) is 0 Å². The van der Waals surface area contributed by atoms with E-state index in [1.165, 1.54) is 4.90 Å². The van der Waals surface area contributed by atoms with Crippen molar-refractivity contribution < 1.29 is 24.6 Å². The van der Waals surface area contributed by atoms with Gasteiger partial charge in [-0.15, -0.1) is 0 Å². The molecule has 8 nitrogen and oxygen atoms in total. The number of hydrogen-bond donors (Lipinski definition) is 3. The molecule has 3 aliphatic heterocycles. The van der Waals surface area contributed by atoms with Gasteiger partial charge in [-0.1, -0.05) is 44.2 Å². The SMILES string of the molecule is CC(C)CN1CC2CC3(C(=O)NCc4ccccc4)C(CCC(=O)O)C1C2CN3C(=O)O. The number of hydrogen-bond acceptors (Lipinski definition) is 4. The lowest BCUT2D eigenvalue weighted by molar-refractivity contribution is -0.158. The van der Waals surface area contributed by atoms with Crippen molar-refractivity contribution in [2.24, 2.45) is 23.7 Å². The Bertz CT molecular complexity index is 876. The maximum atomic E-state index is 13.8. The number of nitrogens with one attached hydrogen (secondary N) is 1. The molecular weight excluding hydrogens is 410 g/mol. The van der Waals surface area contributed by atoms with Crippen LogP contribution in [-0.2, 0) is 16.1 Å². The van der Waals surface area contributed by atoms with Crippen molar-refractivity contribution in [1.82, 2.24) is 15.1 Å². The predicted molar refractivity (Wildman–Crippen MR) is 118 cm³/mol. The van der Waals surface area contributed by atoms with E-state index in [4.69, 9.17) is 0 Å². The quantitative estimate of drug-likeness (QED) is 0.569. The summed E-state index contributed by atoms with van der Waals surface area (Å²) in [7, 11) is 0. The number of piperidine rings is 2. The van der Waals surface area contributed by atoms with Crippen molar-refractivity contribution >= 4 is 18.0 Å². The lowest BCUT2D eigenvalue weighted by Gasteiger charge is -2.60. The zero-order valence-electron chi connectivity index (χ0n) is 18.7. The standard InChI is InChI=1S/C24H33N3O5/c1-15(2)12-26-13-17-10-24(22(30)25-11-16-6-4-3-5-7-16)19(8-9-20(28)29)21(26)18(17)14-27(24)23(31)32/h3-7,15,17-19,21H,8-14H2,1-2H3,(H,25,30)(H,28,29)(H,31,32). The van der Waals surface area contributed by atoms with Crippen molar-refractivity contribution in [1.29, 1.82) is 0 Å². The molecule has 1 aromatic carbocycles. The van der Waals surface area contributed by atoms with Gasteiger partial charge < -0.3 is 15.5 Å². The van der Waals surface area contributed by atoms with E-state index in [0.717, 1.165) is 18.7 Å². The molecule has 4 fully saturated rings. The van der Waals surface area contributed by atoms with Gasteiger partial charge in [0, 0.05) is 44.6 Å². The minimum absolute atomic E-state index is 0.0357. The highest BCUT2D eigenvalue weighted by Crippen LogP contribution is 2.57. The molecule has 3 saturated heterocycles. The number of nitrogens with zero attached hydrogens (tertiary/aromatic N) is 2. The van der Waals surface area contributed by atoms with Gasteiger partial charge >= 0.3 is 12.1 Å². The molecule has 3 N–H and O–H groups in total. The first-order valence-electron chi connectivity index (χ1n) is 11.5. The topological polar surface area (TPSA) is 110 Å². The number of benzene rings is 1. The third kappa shape index (κ3) is 3.85. The molecule has 0 radical (unpaired) electrons. The molecule has 1 saturated carbocycles. The van der Waals surface area contributed by atoms with Gasteiger partial charge in [0.2, 0.25) is 5.91 Å². The number of likely N-dealkylation sites (tertiary alicyclic amines) is 1. The molecule has 174 valence electrons. The van der Waals surface area contributed by atoms with E-state index in [1.807, 2.05) is 30.3 Å². The van der Waals surface area contributed by atoms with Gasteiger partial charge in [0.25, 0.3) is 0 Å². The Morgan fingerprint density at radius 1 is 1.16 bits per heavy atom. The van der Waals surface area contributed by atoms with Crippen LogP contribution in [0.25, 0.3) is 0 Å². The van der Waals surface area contributed by atoms with Crippen LogP contribution < -0.4 is 5.32 Å². The van der Waals surface area contributed by atoms with Crippen LogP contribution >= 0.6 is 0 Å². The molecule has 3 heterocycles. The Morgan fingerprint density at radius 3 is 2.50 bits per heavy atom. The van der Waals surface area contributed by atoms with Crippen molar-refractivity contribution in [3.05, 3.63) is 35.9 Å². The monoisotopic (exact) mass is 443 g/mol. The van der Waals surface area contributed by atoms with Crippen molar-refractivity contribution in [3.8, 4) is 0 Å². The van der Waals surface area contributed by atoms with E-state index >= 15 is 0 Å². The summed E-state index contributed by atoms with van der Waals surface area (Å²) in [4.78, 5) is 41.3. The smallest absolute Gasteiger partial charge is 0.408 e. The number of rotatable bonds is 8. The van der Waals surface area contributed by atoms with E-state index in [9.17, 15) is 24.6 Å². The van der Waals surface area contributed by atoms with E-state index in [-0.39, 0.29) is 36.1 Å². The first-order valence-corrected chi connectivity index (χ1v) is 11.5. The predicted octanol–water partition coefficient (Wildman–Crippen LogP) is 2.49. The van der Waals surface area contributed by atoms with Gasteiger partial charge in [0.1, 0.15) is 5.54 Å². The molecular formula is C24H33N3O5. The van der Waals surface area contributed by atoms with E-state index < -0.39 is 17.6 Å². The number of amides is 2. The van der Waals surface area contributed by atoms with Crippen LogP contribution in [0, 0.1) is 23.7 Å². The molecule has 8 heteroatoms. The fourth-order valence-corrected chi connectivity index (χ4v) is 6.57. The molecule has 4 aliphatic rings. The van der Waals surface area contributed by atoms with Crippen LogP contribution in [0.5, 0.6) is 0 Å². The van der Waals surface area contributed by atoms with Crippen molar-refractivity contribution in [2.75, 3.05) is 19.6 Å². The highest BCUT2D eigenvalue weighted by atomic mass is 16.4. The van der Waals surface area contributed by atoms with E-state index in [2.05, 4.69) is 24.1 Å². The van der Waals surface area contributed by atoms with Crippen LogP contribution in [0.15, 0.2) is 30.3 Å². The number of carbonyl (C=O) groups is 3. The Balaban J connectivity index is 1.69. The van der Waals surface area contributed by atoms with E-state index in [0.29, 0.717) is 31.8 Å². The Morgan fingerprint density at radius 2 is 1.88 bits per heavy atom. The zero-order chi connectivity index (χ0) is 23.0. The summed E-state index contributed by atoms with van der Waals surface area (Å²) < 4.78 is 0. The zero-order valence-corrected chi connectivity index (χ0v) is 18.7. The fourth-order valence-electron chi connectivity index (χ4n) is 6.57. The number of carboxylic acids is 1. The second kappa shape index (κ2) is 8.73. The Hall–Kier alpha value is -2.61. The maximum Gasteiger partial charge on any atom is 0.408 e. The second-order valence-electron chi connectivity index (χ2n) is 9.99. The molecule has 1 aromatic rings. The molecule has 4 bridgehead atoms. The van der Waals surface area contributed by atoms with Crippen molar-refractivity contribution in [3.63, 3.8) is 0 Å². The van der Waals surface area contributed by atoms with Gasteiger partial charge in [-0.2, -0.15) is 0 Å². The molecule has 5 atom stereocenters. The van der Waals surface area contributed by atoms with E-state index in [1.54, 1.807) is 0 Å². The second-order valence-corrected chi connectivity index (χ2v) is 9.99. The van der Waals surface area contributed by atoms with Gasteiger partial charge in [0.05, 0.1) is 0 Å². The average molecular weight is 444 g/mol. The molecule has 5 rings (SSSR count). The normalized spacial score (nSPS) is 31.2. The van der Waals surface area contributed by atoms with Crippen LogP contribution in [-0.4, -0.2) is 69.2 Å². The number of carboxylic acid groups (broad SMARTS) is 2. The number of aliphatic carboxylic acids is 1. The summed E-state index contributed by atoms with van der Waals surface area (Å²) in [5.74, 6) is -0.727. The number of carbonyl (C=O) groups excluding carboxylic acids is 1. The lowest BCUT2D eigenvalue weighted by atomic mass is 9.57. The third-order valence-electron chi connectivity index (χ3n) is 7.60. The molecule has 0 aromatic heterocycles. The first kappa shape index (κ1) is 22.6. The summed E-state index contributed by atoms with van der Waals surface area (Å²) in [5, 5.41) is 22.5. The molecule has 1 aliphatic carbocycles. The van der Waals surface area contributed by atoms with Crippen LogP contribution in [0.4, 0.5) is 4.79 Å². The first-order chi connectivity index (χ1) is 15.2. The highest BCUT2D eigenvalue weighted by Gasteiger charge is 2.69. The summed E-state index contributed by atoms with van der Waals surface area (Å²) in [6.07, 6.45) is -0.422. The highest BCUT2D eigenvalue weighted by molar-refractivity contribution is 5.91. The summed E-state index contributed by atoms with van der Waals surface area (Å²) in [6.45, 7) is 6.67. The molecule has 5 unspecified atom stereocenters. The molecule has 0 spiro atoms. The van der Waals surface area contributed by atoms with Gasteiger partial charge in [-0.3, -0.25) is 19.4 Å². The summed E-state index contributed by atoms with van der Waals surface area (Å²) >= 11 is 0. The summed E-state index contributed by atoms with van der Waals surface area (Å²) in [5.41, 5.74) is -0.290. The van der Waals surface area contributed by atoms with Gasteiger partial charge in [0.15, 0.2) is 0 Å². The van der Waals surface area contributed by atoms with Gasteiger partial charge in [-0.25, -0.2) is 4.79 Å². The fraction of sp³-hybridized carbons (Fsp3) is 0.625. The average Bonchev–Trinajstić information content (AvgIpc) is 3.02. The van der Waals surface area contributed by atoms with Gasteiger partial charge in [-0.05, 0) is 36.2 Å². The maximum absolute atomic E-state index is 13.8.